The van der Waals surface area contributed by atoms with E-state index in [4.69, 9.17) is 5.73 Å². The van der Waals surface area contributed by atoms with Crippen molar-refractivity contribution in [3.05, 3.63) is 72.3 Å². The molecule has 98 valence electrons. The molecule has 0 aliphatic carbocycles. The van der Waals surface area contributed by atoms with Crippen LogP contribution in [-0.4, -0.2) is 5.91 Å². The highest BCUT2D eigenvalue weighted by Gasteiger charge is 2.09. The lowest BCUT2D eigenvalue weighted by atomic mass is 9.94. The number of amides is 1. The maximum absolute atomic E-state index is 11.2. The second kappa shape index (κ2) is 4.82. The molecule has 0 aliphatic rings. The first kappa shape index (κ1) is 12.4. The average molecular weight is 261 g/mol. The van der Waals surface area contributed by atoms with Crippen molar-refractivity contribution in [1.29, 1.82) is 0 Å². The van der Waals surface area contributed by atoms with Crippen molar-refractivity contribution in [2.75, 3.05) is 0 Å². The van der Waals surface area contributed by atoms with Crippen molar-refractivity contribution >= 4 is 27.5 Å². The normalized spacial score (nSPS) is 10.8. The summed E-state index contributed by atoms with van der Waals surface area (Å²) >= 11 is 0. The topological polar surface area (TPSA) is 43.1 Å². The Kier molecular flexibility index (Phi) is 2.99. The van der Waals surface area contributed by atoms with Gasteiger partial charge < -0.3 is 5.73 Å². The second-order valence-corrected chi connectivity index (χ2v) is 4.95. The molecule has 0 spiro atoms. The summed E-state index contributed by atoms with van der Waals surface area (Å²) in [6.07, 6.45) is 0.487. The molecule has 0 saturated carbocycles. The van der Waals surface area contributed by atoms with Crippen LogP contribution in [-0.2, 0) is 11.2 Å². The summed E-state index contributed by atoms with van der Waals surface area (Å²) in [5, 5.41) is 4.72. The molecular formula is C18H15NO. The fraction of sp³-hybridized carbons (Fsp3) is 0.0556. The lowest BCUT2D eigenvalue weighted by Gasteiger charge is -2.10. The van der Waals surface area contributed by atoms with Gasteiger partial charge in [0, 0.05) is 12.0 Å². The van der Waals surface area contributed by atoms with Crippen molar-refractivity contribution in [2.24, 2.45) is 5.73 Å². The van der Waals surface area contributed by atoms with Gasteiger partial charge in [-0.05, 0) is 27.1 Å². The third-order valence-electron chi connectivity index (χ3n) is 3.61. The number of primary amides is 1. The van der Waals surface area contributed by atoms with Crippen LogP contribution in [0.5, 0.6) is 0 Å². The maximum atomic E-state index is 11.2. The van der Waals surface area contributed by atoms with E-state index in [0.29, 0.717) is 12.0 Å². The zero-order valence-electron chi connectivity index (χ0n) is 11.1. The lowest BCUT2D eigenvalue weighted by Crippen LogP contribution is -2.14. The number of nitrogens with two attached hydrogens (primary N) is 1. The highest BCUT2D eigenvalue weighted by molar-refractivity contribution is 6.09. The van der Waals surface area contributed by atoms with E-state index in [0.717, 1.165) is 10.9 Å². The summed E-state index contributed by atoms with van der Waals surface area (Å²) in [6.45, 7) is 3.76. The van der Waals surface area contributed by atoms with E-state index >= 15 is 0 Å². The molecule has 0 bridgehead atoms. The Bertz CT molecular complexity index is 833. The molecule has 0 fully saturated rings. The molecule has 0 aromatic heterocycles. The first-order valence-corrected chi connectivity index (χ1v) is 6.54. The Morgan fingerprint density at radius 3 is 2.25 bits per heavy atom. The third-order valence-corrected chi connectivity index (χ3v) is 3.61. The van der Waals surface area contributed by atoms with Gasteiger partial charge in [-0.1, -0.05) is 61.2 Å². The minimum atomic E-state index is -0.442. The molecule has 2 nitrogen and oxygen atoms in total. The molecule has 3 rings (SSSR count). The van der Waals surface area contributed by atoms with Gasteiger partial charge in [0.15, 0.2) is 0 Å². The van der Waals surface area contributed by atoms with E-state index in [9.17, 15) is 4.79 Å². The molecule has 2 N–H and O–H groups in total. The zero-order chi connectivity index (χ0) is 14.1. The predicted octanol–water partition coefficient (Wildman–Crippen LogP) is 3.58. The molecule has 20 heavy (non-hydrogen) atoms. The van der Waals surface area contributed by atoms with Crippen LogP contribution >= 0.6 is 0 Å². The number of carbonyl (C=O) groups excluding carboxylic acids is 1. The van der Waals surface area contributed by atoms with Gasteiger partial charge >= 0.3 is 0 Å². The van der Waals surface area contributed by atoms with Crippen LogP contribution in [0.3, 0.4) is 0 Å². The molecule has 0 radical (unpaired) electrons. The van der Waals surface area contributed by atoms with E-state index in [2.05, 4.69) is 36.9 Å². The fourth-order valence-corrected chi connectivity index (χ4v) is 2.59. The molecule has 0 heterocycles. The largest absolute Gasteiger partial charge is 0.366 e. The minimum Gasteiger partial charge on any atom is -0.366 e. The Morgan fingerprint density at radius 2 is 1.55 bits per heavy atom. The predicted molar refractivity (Wildman–Crippen MR) is 83.5 cm³/mol. The summed E-state index contributed by atoms with van der Waals surface area (Å²) in [4.78, 5) is 11.2. The summed E-state index contributed by atoms with van der Waals surface area (Å²) in [6, 6.07) is 18.6. The van der Waals surface area contributed by atoms with E-state index in [-0.39, 0.29) is 0 Å². The fourth-order valence-electron chi connectivity index (χ4n) is 2.59. The molecule has 0 atom stereocenters. The third kappa shape index (κ3) is 2.05. The zero-order valence-corrected chi connectivity index (χ0v) is 11.1. The van der Waals surface area contributed by atoms with Crippen molar-refractivity contribution in [3.8, 4) is 0 Å². The number of rotatable bonds is 3. The first-order valence-electron chi connectivity index (χ1n) is 6.54. The lowest BCUT2D eigenvalue weighted by molar-refractivity contribution is -0.114. The molecule has 0 aliphatic heterocycles. The van der Waals surface area contributed by atoms with Crippen LogP contribution in [0.25, 0.3) is 21.5 Å². The quantitative estimate of drug-likeness (QED) is 0.568. The number of benzene rings is 3. The smallest absolute Gasteiger partial charge is 0.244 e. The van der Waals surface area contributed by atoms with Gasteiger partial charge in [-0.25, -0.2) is 0 Å². The molecule has 2 heteroatoms. The molecule has 3 aromatic carbocycles. The van der Waals surface area contributed by atoms with Crippen LogP contribution in [0.15, 0.2) is 66.7 Å². The van der Waals surface area contributed by atoms with Crippen LogP contribution in [0.4, 0.5) is 0 Å². The van der Waals surface area contributed by atoms with E-state index in [1.54, 1.807) is 0 Å². The molecule has 0 saturated heterocycles. The number of hydrogen-bond acceptors (Lipinski definition) is 1. The average Bonchev–Trinajstić information content (AvgIpc) is 2.47. The number of hydrogen-bond donors (Lipinski definition) is 1. The first-order chi connectivity index (χ1) is 9.66. The van der Waals surface area contributed by atoms with Gasteiger partial charge in [0.1, 0.15) is 0 Å². The SMILES string of the molecule is C=C(Cc1cc2ccccc2c2ccccc12)C(N)=O. The Hall–Kier alpha value is -2.61. The minimum absolute atomic E-state index is 0.436. The van der Waals surface area contributed by atoms with Crippen molar-refractivity contribution in [1.82, 2.24) is 0 Å². The summed E-state index contributed by atoms with van der Waals surface area (Å²) in [5.74, 6) is -0.442. The molecule has 0 unspecified atom stereocenters. The Balaban J connectivity index is 2.29. The Labute approximate surface area is 117 Å². The van der Waals surface area contributed by atoms with Crippen LogP contribution < -0.4 is 5.73 Å². The van der Waals surface area contributed by atoms with Crippen molar-refractivity contribution < 1.29 is 4.79 Å². The van der Waals surface area contributed by atoms with Crippen LogP contribution in [0.2, 0.25) is 0 Å². The van der Waals surface area contributed by atoms with Gasteiger partial charge in [0.2, 0.25) is 5.91 Å². The molecular weight excluding hydrogens is 246 g/mol. The molecule has 3 aromatic rings. The van der Waals surface area contributed by atoms with Gasteiger partial charge in [0.05, 0.1) is 0 Å². The monoisotopic (exact) mass is 261 g/mol. The summed E-state index contributed by atoms with van der Waals surface area (Å²) < 4.78 is 0. The van der Waals surface area contributed by atoms with Crippen LogP contribution in [0.1, 0.15) is 5.56 Å². The highest BCUT2D eigenvalue weighted by Crippen LogP contribution is 2.29. The Morgan fingerprint density at radius 1 is 0.950 bits per heavy atom. The number of fused-ring (bicyclic) bond motifs is 3. The van der Waals surface area contributed by atoms with Gasteiger partial charge in [-0.15, -0.1) is 0 Å². The second-order valence-electron chi connectivity index (χ2n) is 4.95. The van der Waals surface area contributed by atoms with Gasteiger partial charge in [-0.2, -0.15) is 0 Å². The van der Waals surface area contributed by atoms with Gasteiger partial charge in [-0.3, -0.25) is 4.79 Å². The highest BCUT2D eigenvalue weighted by atomic mass is 16.1. The van der Waals surface area contributed by atoms with E-state index in [1.165, 1.54) is 16.2 Å². The standard InChI is InChI=1S/C18H15NO/c1-12(18(19)20)10-14-11-13-6-2-3-7-15(13)17-9-5-4-8-16(14)17/h2-9,11H,1,10H2,(H2,19,20). The van der Waals surface area contributed by atoms with Crippen molar-refractivity contribution in [3.63, 3.8) is 0 Å². The maximum Gasteiger partial charge on any atom is 0.244 e. The van der Waals surface area contributed by atoms with Gasteiger partial charge in [0.25, 0.3) is 0 Å². The van der Waals surface area contributed by atoms with E-state index < -0.39 is 5.91 Å². The summed E-state index contributed by atoms with van der Waals surface area (Å²) in [5.41, 5.74) is 6.82. The van der Waals surface area contributed by atoms with Crippen molar-refractivity contribution in [2.45, 2.75) is 6.42 Å². The van der Waals surface area contributed by atoms with Crippen LogP contribution in [0, 0.1) is 0 Å². The number of carbonyl (C=O) groups is 1. The van der Waals surface area contributed by atoms with E-state index in [1.807, 2.05) is 24.3 Å². The molecule has 1 amide bonds. The summed E-state index contributed by atoms with van der Waals surface area (Å²) in [7, 11) is 0.